The monoisotopic (exact) mass is 992 g/mol. The average molecular weight is 993 g/mol. The van der Waals surface area contributed by atoms with E-state index in [9.17, 15) is 0 Å². The molecule has 0 aliphatic heterocycles. The molecule has 13 aromatic rings. The van der Waals surface area contributed by atoms with Gasteiger partial charge in [0.15, 0.2) is 11.4 Å². The maximum absolute atomic E-state index is 15.4. The lowest BCUT2D eigenvalue weighted by molar-refractivity contribution is -0.137. The predicted octanol–water partition coefficient (Wildman–Crippen LogP) is 17.9. The molecular weight excluding hydrogens is 938 g/mol. The Bertz CT molecular complexity index is 4470. The van der Waals surface area contributed by atoms with Crippen molar-refractivity contribution in [3.63, 3.8) is 0 Å². The van der Waals surface area contributed by atoms with Gasteiger partial charge in [-0.05, 0) is 125 Å². The topological polar surface area (TPSA) is 66.6 Å². The van der Waals surface area contributed by atoms with Crippen LogP contribution in [0.25, 0.3) is 116 Å². The summed E-state index contributed by atoms with van der Waals surface area (Å²) in [7, 11) is 0. The molecule has 0 radical (unpaired) electrons. The number of fused-ring (bicyclic) bond motifs is 13. The smallest absolute Gasteiger partial charge is 0.416 e. The molecule has 372 valence electrons. The fraction of sp³-hybridized carbons (Fsp3) is 0.215. The molecule has 0 spiro atoms. The van der Waals surface area contributed by atoms with Crippen molar-refractivity contribution in [2.24, 2.45) is 0 Å². The summed E-state index contributed by atoms with van der Waals surface area (Å²) in [6.07, 6.45) is -4.70. The molecule has 0 atom stereocenters. The highest BCUT2D eigenvalue weighted by Gasteiger charge is 2.33. The number of para-hydroxylation sites is 2. The first-order valence-corrected chi connectivity index (χ1v) is 25.6. The first-order chi connectivity index (χ1) is 35.6. The number of halogens is 3. The van der Waals surface area contributed by atoms with E-state index in [-0.39, 0.29) is 39.5 Å². The van der Waals surface area contributed by atoms with Crippen molar-refractivity contribution >= 4 is 87.4 Å². The molecule has 10 heteroatoms. The maximum Gasteiger partial charge on any atom is 0.416 e. The quantitative estimate of drug-likeness (QED) is 0.176. The van der Waals surface area contributed by atoms with Crippen LogP contribution in [0.15, 0.2) is 156 Å². The lowest BCUT2D eigenvalue weighted by atomic mass is 9.85. The molecule has 75 heavy (non-hydrogen) atoms. The van der Waals surface area contributed by atoms with Gasteiger partial charge in [0.2, 0.25) is 11.9 Å². The summed E-state index contributed by atoms with van der Waals surface area (Å²) in [4.78, 5) is 16.2. The molecule has 0 N–H and O–H groups in total. The van der Waals surface area contributed by atoms with E-state index < -0.39 is 11.7 Å². The van der Waals surface area contributed by atoms with E-state index in [1.54, 1.807) is 6.07 Å². The minimum absolute atomic E-state index is 0.0693. The van der Waals surface area contributed by atoms with Crippen LogP contribution in [-0.4, -0.2) is 28.7 Å². The molecule has 0 amide bonds. The lowest BCUT2D eigenvalue weighted by Gasteiger charge is -2.19. The van der Waals surface area contributed by atoms with Crippen molar-refractivity contribution in [3.05, 3.63) is 179 Å². The fourth-order valence-electron chi connectivity index (χ4n) is 11.2. The summed E-state index contributed by atoms with van der Waals surface area (Å²) in [5.41, 5.74) is 10.2. The third-order valence-electron chi connectivity index (χ3n) is 15.3. The summed E-state index contributed by atoms with van der Waals surface area (Å²) >= 11 is 0. The summed E-state index contributed by atoms with van der Waals surface area (Å²) in [6.45, 7) is 21.9. The highest BCUT2D eigenvalue weighted by Crippen LogP contribution is 2.45. The third-order valence-corrected chi connectivity index (χ3v) is 15.3. The van der Waals surface area contributed by atoms with Gasteiger partial charge in [0.05, 0.1) is 44.4 Å². The van der Waals surface area contributed by atoms with Gasteiger partial charge in [0, 0.05) is 48.7 Å². The number of rotatable bonds is 4. The van der Waals surface area contributed by atoms with E-state index >= 15 is 13.2 Å². The van der Waals surface area contributed by atoms with Gasteiger partial charge in [0.1, 0.15) is 5.58 Å². The summed E-state index contributed by atoms with van der Waals surface area (Å²) in [5, 5.41) is 7.73. The summed E-state index contributed by atoms with van der Waals surface area (Å²) in [6, 6.07) is 49.8. The van der Waals surface area contributed by atoms with E-state index in [1.165, 1.54) is 22.8 Å². The molecule has 0 aliphatic carbocycles. The van der Waals surface area contributed by atoms with Gasteiger partial charge < -0.3 is 8.98 Å². The van der Waals surface area contributed by atoms with E-state index in [4.69, 9.17) is 19.4 Å². The van der Waals surface area contributed by atoms with Crippen LogP contribution in [0.2, 0.25) is 0 Å². The Kier molecular flexibility index (Phi) is 9.86. The summed E-state index contributed by atoms with van der Waals surface area (Å²) < 4.78 is 59.0. The van der Waals surface area contributed by atoms with Crippen LogP contribution in [0.3, 0.4) is 0 Å². The molecule has 0 saturated carbocycles. The van der Waals surface area contributed by atoms with Gasteiger partial charge in [-0.25, -0.2) is 0 Å². The fourth-order valence-corrected chi connectivity index (χ4v) is 11.2. The Labute approximate surface area is 431 Å². The Morgan fingerprint density at radius 2 is 0.867 bits per heavy atom. The second-order valence-electron chi connectivity index (χ2n) is 23.4. The van der Waals surface area contributed by atoms with Gasteiger partial charge in [-0.2, -0.15) is 28.1 Å². The maximum atomic E-state index is 15.4. The van der Waals surface area contributed by atoms with E-state index in [2.05, 4.69) is 159 Å². The van der Waals surface area contributed by atoms with E-state index in [1.807, 2.05) is 57.7 Å². The molecule has 0 fully saturated rings. The SMILES string of the molecule is Cc1ccc2c(c1)c1cc(C(C)(C)C)ccc1n2-c1nc(-c2cc(C(F)(F)F)ccc2-n2c3ccccc3c3ccc4c5ccccc5oc4c32)nc(-n2c3ccc(C(C)(C)C)cc3c3cc(C(C)(C)C)ccc32)n1. The standard InChI is InChI=1S/C65H55F3N6O/c1-36-19-26-51-45(31-36)46-32-37(62(2,3)4)20-27-52(46)73(51)60-69-59(70-61(71-60)74-53-28-21-38(63(5,6)7)33-47(53)48-34-39(64(8,9)10)22-29-54(48)74)49-35-40(65(66,67)68)23-30-55(49)72-50-17-13-11-15-41(50)43-24-25-44-42-16-12-14-18-56(42)75-58(44)57(43)72/h11-35H,1-10H3. The van der Waals surface area contributed by atoms with Gasteiger partial charge in [-0.3, -0.25) is 9.13 Å². The van der Waals surface area contributed by atoms with Crippen molar-refractivity contribution < 1.29 is 17.6 Å². The van der Waals surface area contributed by atoms with E-state index in [0.717, 1.165) is 87.8 Å². The van der Waals surface area contributed by atoms with Gasteiger partial charge in [-0.1, -0.05) is 135 Å². The highest BCUT2D eigenvalue weighted by molar-refractivity contribution is 6.22. The lowest BCUT2D eigenvalue weighted by Crippen LogP contribution is -2.13. The molecule has 0 saturated heterocycles. The number of aryl methyl sites for hydroxylation is 1. The second-order valence-corrected chi connectivity index (χ2v) is 23.4. The number of hydrogen-bond acceptors (Lipinski definition) is 4. The number of furan rings is 1. The molecule has 0 bridgehead atoms. The average Bonchev–Trinajstić information content (AvgIpc) is 4.14. The Balaban J connectivity index is 1.19. The largest absolute Gasteiger partial charge is 0.454 e. The van der Waals surface area contributed by atoms with Crippen molar-refractivity contribution in [3.8, 4) is 29.0 Å². The molecule has 8 aromatic carbocycles. The van der Waals surface area contributed by atoms with Crippen LogP contribution in [-0.2, 0) is 22.4 Å². The highest BCUT2D eigenvalue weighted by atomic mass is 19.4. The van der Waals surface area contributed by atoms with Crippen LogP contribution in [0.1, 0.15) is 90.1 Å². The first-order valence-electron chi connectivity index (χ1n) is 25.6. The summed E-state index contributed by atoms with van der Waals surface area (Å²) in [5.74, 6) is 0.598. The minimum Gasteiger partial charge on any atom is -0.454 e. The van der Waals surface area contributed by atoms with Crippen LogP contribution in [0.4, 0.5) is 13.2 Å². The van der Waals surface area contributed by atoms with Crippen molar-refractivity contribution in [1.29, 1.82) is 0 Å². The predicted molar refractivity (Wildman–Crippen MR) is 301 cm³/mol. The normalized spacial score (nSPS) is 13.1. The number of nitrogens with zero attached hydrogens (tertiary/aromatic N) is 6. The first kappa shape index (κ1) is 46.5. The Morgan fingerprint density at radius 1 is 0.400 bits per heavy atom. The second kappa shape index (κ2) is 15.9. The molecular formula is C65H55F3N6O. The van der Waals surface area contributed by atoms with Crippen molar-refractivity contribution in [2.45, 2.75) is 91.7 Å². The molecule has 5 heterocycles. The minimum atomic E-state index is -4.70. The zero-order valence-corrected chi connectivity index (χ0v) is 43.7. The Morgan fingerprint density at radius 3 is 1.41 bits per heavy atom. The van der Waals surface area contributed by atoms with Crippen molar-refractivity contribution in [2.75, 3.05) is 0 Å². The number of hydrogen-bond donors (Lipinski definition) is 0. The van der Waals surface area contributed by atoms with E-state index in [0.29, 0.717) is 16.9 Å². The van der Waals surface area contributed by atoms with Crippen LogP contribution >= 0.6 is 0 Å². The van der Waals surface area contributed by atoms with Crippen LogP contribution in [0, 0.1) is 6.92 Å². The zero-order chi connectivity index (χ0) is 52.2. The number of benzene rings is 8. The van der Waals surface area contributed by atoms with Crippen molar-refractivity contribution in [1.82, 2.24) is 28.7 Å². The number of aromatic nitrogens is 6. The molecule has 0 aliphatic rings. The molecule has 13 rings (SSSR count). The van der Waals surface area contributed by atoms with Gasteiger partial charge >= 0.3 is 6.18 Å². The molecule has 7 nitrogen and oxygen atoms in total. The third kappa shape index (κ3) is 7.27. The van der Waals surface area contributed by atoms with Gasteiger partial charge in [0.25, 0.3) is 0 Å². The molecule has 0 unspecified atom stereocenters. The van der Waals surface area contributed by atoms with Crippen LogP contribution < -0.4 is 0 Å². The van der Waals surface area contributed by atoms with Gasteiger partial charge in [-0.15, -0.1) is 0 Å². The Hall–Kier alpha value is -8.24. The zero-order valence-electron chi connectivity index (χ0n) is 43.7. The van der Waals surface area contributed by atoms with Crippen LogP contribution in [0.5, 0.6) is 0 Å². The number of alkyl halides is 3. The molecule has 5 aromatic heterocycles.